The van der Waals surface area contributed by atoms with Crippen molar-refractivity contribution in [2.24, 2.45) is 5.92 Å². The van der Waals surface area contributed by atoms with E-state index in [2.05, 4.69) is 10.3 Å². The van der Waals surface area contributed by atoms with Crippen molar-refractivity contribution in [1.82, 2.24) is 4.98 Å². The molecule has 0 unspecified atom stereocenters. The van der Waals surface area contributed by atoms with Crippen molar-refractivity contribution in [3.63, 3.8) is 0 Å². The molecule has 3 N–H and O–H groups in total. The third-order valence-electron chi connectivity index (χ3n) is 3.88. The number of hydrogen-bond acceptors (Lipinski definition) is 5. The van der Waals surface area contributed by atoms with E-state index in [4.69, 9.17) is 10.5 Å². The number of methoxy groups -OCH3 is 1. The van der Waals surface area contributed by atoms with Crippen LogP contribution in [0.25, 0.3) is 0 Å². The molecule has 1 aromatic rings. The Morgan fingerprint density at radius 1 is 1.45 bits per heavy atom. The summed E-state index contributed by atoms with van der Waals surface area (Å²) < 4.78 is 4.75. The molecule has 5 nitrogen and oxygen atoms in total. The Morgan fingerprint density at radius 2 is 2.20 bits per heavy atom. The summed E-state index contributed by atoms with van der Waals surface area (Å²) in [5, 5.41) is 3.24. The number of pyridine rings is 1. The third-order valence-corrected chi connectivity index (χ3v) is 3.88. The molecule has 0 aromatic carbocycles. The highest BCUT2D eigenvalue weighted by Gasteiger charge is 2.15. The molecule has 5 heteroatoms. The Balaban J connectivity index is 1.92. The van der Waals surface area contributed by atoms with Crippen LogP contribution in [0.4, 0.5) is 11.5 Å². The van der Waals surface area contributed by atoms with Crippen LogP contribution in [-0.4, -0.2) is 24.6 Å². The third kappa shape index (κ3) is 3.85. The summed E-state index contributed by atoms with van der Waals surface area (Å²) >= 11 is 0. The minimum Gasteiger partial charge on any atom is -0.465 e. The van der Waals surface area contributed by atoms with Crippen molar-refractivity contribution < 1.29 is 9.53 Å². The number of rotatable bonds is 5. The first-order chi connectivity index (χ1) is 9.70. The van der Waals surface area contributed by atoms with Crippen LogP contribution in [0.1, 0.15) is 48.9 Å². The molecule has 1 aromatic heterocycles. The maximum atomic E-state index is 11.7. The second-order valence-electron chi connectivity index (χ2n) is 5.38. The number of aromatic nitrogens is 1. The van der Waals surface area contributed by atoms with E-state index in [1.54, 1.807) is 12.3 Å². The van der Waals surface area contributed by atoms with Gasteiger partial charge in [-0.05, 0) is 18.4 Å². The topological polar surface area (TPSA) is 77.2 Å². The van der Waals surface area contributed by atoms with Gasteiger partial charge in [0.15, 0.2) is 0 Å². The lowest BCUT2D eigenvalue weighted by Crippen LogP contribution is -2.15. The lowest BCUT2D eigenvalue weighted by molar-refractivity contribution is 0.0601. The highest BCUT2D eigenvalue weighted by Crippen LogP contribution is 2.26. The van der Waals surface area contributed by atoms with Crippen LogP contribution in [0.15, 0.2) is 12.3 Å². The van der Waals surface area contributed by atoms with Gasteiger partial charge < -0.3 is 15.8 Å². The molecule has 0 atom stereocenters. The molecule has 0 amide bonds. The van der Waals surface area contributed by atoms with Gasteiger partial charge in [-0.15, -0.1) is 0 Å². The van der Waals surface area contributed by atoms with Crippen molar-refractivity contribution in [3.05, 3.63) is 17.8 Å². The number of carbonyl (C=O) groups is 1. The van der Waals surface area contributed by atoms with Gasteiger partial charge in [0.1, 0.15) is 11.4 Å². The molecule has 1 heterocycles. The van der Waals surface area contributed by atoms with Crippen molar-refractivity contribution in [2.75, 3.05) is 24.7 Å². The van der Waals surface area contributed by atoms with Crippen LogP contribution in [-0.2, 0) is 4.74 Å². The summed E-state index contributed by atoms with van der Waals surface area (Å²) in [4.78, 5) is 15.9. The Hall–Kier alpha value is -1.78. The second-order valence-corrected chi connectivity index (χ2v) is 5.38. The first kappa shape index (κ1) is 14.6. The lowest BCUT2D eigenvalue weighted by atomic mass is 9.87. The summed E-state index contributed by atoms with van der Waals surface area (Å²) in [5.41, 5.74) is 6.53. The molecule has 20 heavy (non-hydrogen) atoms. The molecular formula is C15H23N3O2. The fourth-order valence-electron chi connectivity index (χ4n) is 2.76. The van der Waals surface area contributed by atoms with Crippen molar-refractivity contribution in [2.45, 2.75) is 38.5 Å². The molecule has 1 fully saturated rings. The SMILES string of the molecule is COC(=O)c1cc(N)cnc1NCCC1CCCCC1. The highest BCUT2D eigenvalue weighted by atomic mass is 16.5. The molecule has 1 aliphatic rings. The number of esters is 1. The predicted octanol–water partition coefficient (Wildman–Crippen LogP) is 2.83. The molecular weight excluding hydrogens is 254 g/mol. The number of nitrogens with zero attached hydrogens (tertiary/aromatic N) is 1. The van der Waals surface area contributed by atoms with Gasteiger partial charge in [-0.2, -0.15) is 0 Å². The second kappa shape index (κ2) is 7.12. The number of nitrogens with one attached hydrogen (secondary N) is 1. The van der Waals surface area contributed by atoms with Crippen LogP contribution in [0, 0.1) is 5.92 Å². The number of anilines is 2. The summed E-state index contributed by atoms with van der Waals surface area (Å²) in [5.74, 6) is 0.943. The molecule has 1 saturated carbocycles. The van der Waals surface area contributed by atoms with E-state index in [-0.39, 0.29) is 0 Å². The standard InChI is InChI=1S/C15H23N3O2/c1-20-15(19)13-9-12(16)10-18-14(13)17-8-7-11-5-3-2-4-6-11/h9-11H,2-8,16H2,1H3,(H,17,18). The van der Waals surface area contributed by atoms with E-state index < -0.39 is 5.97 Å². The van der Waals surface area contributed by atoms with Gasteiger partial charge >= 0.3 is 5.97 Å². The van der Waals surface area contributed by atoms with Crippen molar-refractivity contribution in [3.8, 4) is 0 Å². The fourth-order valence-corrected chi connectivity index (χ4v) is 2.76. The van der Waals surface area contributed by atoms with Gasteiger partial charge in [0.2, 0.25) is 0 Å². The Labute approximate surface area is 119 Å². The first-order valence-electron chi connectivity index (χ1n) is 7.28. The number of ether oxygens (including phenoxy) is 1. The van der Waals surface area contributed by atoms with E-state index in [1.807, 2.05) is 0 Å². The Kier molecular flexibility index (Phi) is 5.21. The highest BCUT2D eigenvalue weighted by molar-refractivity contribution is 5.95. The van der Waals surface area contributed by atoms with Gasteiger partial charge in [-0.25, -0.2) is 9.78 Å². The molecule has 0 spiro atoms. The Morgan fingerprint density at radius 3 is 2.90 bits per heavy atom. The van der Waals surface area contributed by atoms with E-state index in [1.165, 1.54) is 39.2 Å². The quantitative estimate of drug-likeness (QED) is 0.809. The summed E-state index contributed by atoms with van der Waals surface area (Å²) in [7, 11) is 1.36. The van der Waals surface area contributed by atoms with Gasteiger partial charge in [0, 0.05) is 6.54 Å². The zero-order chi connectivity index (χ0) is 14.4. The molecule has 110 valence electrons. The fraction of sp³-hybridized carbons (Fsp3) is 0.600. The van der Waals surface area contributed by atoms with E-state index in [9.17, 15) is 4.79 Å². The molecule has 1 aliphatic carbocycles. The van der Waals surface area contributed by atoms with Crippen LogP contribution >= 0.6 is 0 Å². The van der Waals surface area contributed by atoms with Crippen molar-refractivity contribution in [1.29, 1.82) is 0 Å². The minimum absolute atomic E-state index is 0.399. The summed E-state index contributed by atoms with van der Waals surface area (Å²) in [6.07, 6.45) is 9.37. The summed E-state index contributed by atoms with van der Waals surface area (Å²) in [6.45, 7) is 0.825. The molecule has 0 radical (unpaired) electrons. The number of carbonyl (C=O) groups excluding carboxylic acids is 1. The number of nitrogens with two attached hydrogens (primary N) is 1. The van der Waals surface area contributed by atoms with Gasteiger partial charge in [0.25, 0.3) is 0 Å². The molecule has 2 rings (SSSR count). The maximum Gasteiger partial charge on any atom is 0.341 e. The van der Waals surface area contributed by atoms with Crippen LogP contribution in [0.3, 0.4) is 0 Å². The van der Waals surface area contributed by atoms with Gasteiger partial charge in [-0.3, -0.25) is 0 Å². The van der Waals surface area contributed by atoms with Crippen LogP contribution in [0.5, 0.6) is 0 Å². The maximum absolute atomic E-state index is 11.7. The van der Waals surface area contributed by atoms with Crippen LogP contribution in [0.2, 0.25) is 0 Å². The van der Waals surface area contributed by atoms with Crippen LogP contribution < -0.4 is 11.1 Å². The smallest absolute Gasteiger partial charge is 0.341 e. The number of hydrogen-bond donors (Lipinski definition) is 2. The first-order valence-corrected chi connectivity index (χ1v) is 7.28. The molecule has 0 bridgehead atoms. The molecule has 0 saturated heterocycles. The van der Waals surface area contributed by atoms with E-state index in [0.29, 0.717) is 17.1 Å². The average Bonchev–Trinajstić information content (AvgIpc) is 2.49. The molecule has 0 aliphatic heterocycles. The predicted molar refractivity (Wildman–Crippen MR) is 79.7 cm³/mol. The normalized spacial score (nSPS) is 15.8. The summed E-state index contributed by atoms with van der Waals surface area (Å²) in [6, 6.07) is 1.60. The lowest BCUT2D eigenvalue weighted by Gasteiger charge is -2.21. The minimum atomic E-state index is -0.412. The zero-order valence-electron chi connectivity index (χ0n) is 12.0. The Bertz CT molecular complexity index is 456. The monoisotopic (exact) mass is 277 g/mol. The van der Waals surface area contributed by atoms with E-state index in [0.717, 1.165) is 18.9 Å². The number of nitrogen functional groups attached to an aromatic ring is 1. The van der Waals surface area contributed by atoms with Crippen molar-refractivity contribution >= 4 is 17.5 Å². The van der Waals surface area contributed by atoms with E-state index >= 15 is 0 Å². The van der Waals surface area contributed by atoms with Gasteiger partial charge in [0.05, 0.1) is 19.0 Å². The zero-order valence-corrected chi connectivity index (χ0v) is 12.0. The van der Waals surface area contributed by atoms with Gasteiger partial charge in [-0.1, -0.05) is 32.1 Å². The largest absolute Gasteiger partial charge is 0.465 e. The average molecular weight is 277 g/mol.